The fourth-order valence-corrected chi connectivity index (χ4v) is 5.56. The van der Waals surface area contributed by atoms with E-state index in [-0.39, 0.29) is 5.56 Å². The average Bonchev–Trinajstić information content (AvgIpc) is 2.67. The molecule has 1 aromatic heterocycles. The summed E-state index contributed by atoms with van der Waals surface area (Å²) in [7, 11) is 0. The second-order valence-electron chi connectivity index (χ2n) is 6.93. The van der Waals surface area contributed by atoms with Gasteiger partial charge in [-0.2, -0.15) is 0 Å². The molecule has 0 atom stereocenters. The van der Waals surface area contributed by atoms with Crippen molar-refractivity contribution in [3.8, 4) is 11.3 Å². The molecule has 0 radical (unpaired) electrons. The SMILES string of the molecule is [2H]C([2H])([2H])c1ccc(-c2cc(C([2H])([2H])c3ccccc3)[c]([Ge]([CH3])([CH3])[CH3])cn2)cc1. The van der Waals surface area contributed by atoms with E-state index in [0.717, 1.165) is 9.96 Å². The van der Waals surface area contributed by atoms with E-state index in [0.29, 0.717) is 16.8 Å². The van der Waals surface area contributed by atoms with E-state index in [1.54, 1.807) is 24.3 Å². The van der Waals surface area contributed by atoms with Crippen molar-refractivity contribution in [2.24, 2.45) is 0 Å². The van der Waals surface area contributed by atoms with Crippen LogP contribution >= 0.6 is 0 Å². The zero-order valence-corrected chi connectivity index (χ0v) is 16.4. The quantitative estimate of drug-likeness (QED) is 0.567. The average molecular weight is 381 g/mol. The summed E-state index contributed by atoms with van der Waals surface area (Å²) in [5, 5.41) is 0. The van der Waals surface area contributed by atoms with Crippen LogP contribution in [-0.2, 0) is 6.37 Å². The summed E-state index contributed by atoms with van der Waals surface area (Å²) in [6.07, 6.45) is 0.175. The second kappa shape index (κ2) is 6.94. The van der Waals surface area contributed by atoms with Crippen LogP contribution in [0.15, 0.2) is 66.9 Å². The van der Waals surface area contributed by atoms with Crippen LogP contribution in [0.3, 0.4) is 0 Å². The van der Waals surface area contributed by atoms with E-state index in [1.165, 1.54) is 0 Å². The molecule has 3 rings (SSSR count). The van der Waals surface area contributed by atoms with Crippen molar-refractivity contribution in [2.45, 2.75) is 30.5 Å². The number of aryl methyl sites for hydroxylation is 1. The Morgan fingerprint density at radius 2 is 1.71 bits per heavy atom. The first-order valence-corrected chi connectivity index (χ1v) is 15.4. The summed E-state index contributed by atoms with van der Waals surface area (Å²) in [5.74, 6) is 6.69. The van der Waals surface area contributed by atoms with Crippen LogP contribution in [0, 0.1) is 6.85 Å². The van der Waals surface area contributed by atoms with E-state index >= 15 is 0 Å². The maximum absolute atomic E-state index is 8.90. The number of nitrogens with zero attached hydrogens (tertiary/aromatic N) is 1. The van der Waals surface area contributed by atoms with Crippen molar-refractivity contribution in [3.05, 3.63) is 83.6 Å². The summed E-state index contributed by atoms with van der Waals surface area (Å²) < 4.78 is 41.4. The van der Waals surface area contributed by atoms with Gasteiger partial charge in [-0.3, -0.25) is 0 Å². The third-order valence-corrected chi connectivity index (χ3v) is 8.17. The normalized spacial score (nSPS) is 15.7. The Bertz CT molecular complexity index is 990. The van der Waals surface area contributed by atoms with Crippen LogP contribution in [0.1, 0.15) is 23.5 Å². The Kier molecular flexibility index (Phi) is 3.37. The van der Waals surface area contributed by atoms with Gasteiger partial charge in [0.05, 0.1) is 0 Å². The fourth-order valence-electron chi connectivity index (χ4n) is 2.63. The maximum atomic E-state index is 8.90. The summed E-state index contributed by atoms with van der Waals surface area (Å²) in [4.78, 5) is 4.61. The van der Waals surface area contributed by atoms with Crippen molar-refractivity contribution in [3.63, 3.8) is 0 Å². The van der Waals surface area contributed by atoms with E-state index in [4.69, 9.17) is 6.85 Å². The van der Waals surface area contributed by atoms with Gasteiger partial charge in [-0.25, -0.2) is 0 Å². The number of benzene rings is 2. The number of rotatable bonds is 4. The van der Waals surface area contributed by atoms with Crippen LogP contribution in [0.4, 0.5) is 0 Å². The Hall–Kier alpha value is -1.87. The first-order chi connectivity index (χ1) is 13.4. The third-order valence-electron chi connectivity index (χ3n) is 3.95. The Morgan fingerprint density at radius 3 is 2.33 bits per heavy atom. The first kappa shape index (κ1) is 11.6. The number of pyridine rings is 1. The van der Waals surface area contributed by atoms with Gasteiger partial charge in [0, 0.05) is 0 Å². The predicted molar refractivity (Wildman–Crippen MR) is 107 cm³/mol. The van der Waals surface area contributed by atoms with Crippen molar-refractivity contribution >= 4 is 17.7 Å². The number of aromatic nitrogens is 1. The van der Waals surface area contributed by atoms with Crippen molar-refractivity contribution in [1.82, 2.24) is 4.98 Å². The summed E-state index contributed by atoms with van der Waals surface area (Å²) in [6.45, 7) is -2.15. The van der Waals surface area contributed by atoms with E-state index in [9.17, 15) is 0 Å². The van der Waals surface area contributed by atoms with Crippen LogP contribution in [-0.4, -0.2) is 18.3 Å². The van der Waals surface area contributed by atoms with Gasteiger partial charge in [0.1, 0.15) is 0 Å². The molecule has 2 heteroatoms. The van der Waals surface area contributed by atoms with Crippen molar-refractivity contribution < 1.29 is 6.85 Å². The van der Waals surface area contributed by atoms with Crippen LogP contribution in [0.2, 0.25) is 17.3 Å². The molecule has 3 aromatic rings. The second-order valence-corrected chi connectivity index (χ2v) is 17.5. The van der Waals surface area contributed by atoms with Crippen molar-refractivity contribution in [1.29, 1.82) is 0 Å². The van der Waals surface area contributed by atoms with Gasteiger partial charge < -0.3 is 0 Å². The van der Waals surface area contributed by atoms with E-state index < -0.39 is 26.5 Å². The van der Waals surface area contributed by atoms with Gasteiger partial charge in [0.15, 0.2) is 0 Å². The van der Waals surface area contributed by atoms with Gasteiger partial charge in [-0.15, -0.1) is 0 Å². The molecule has 0 aliphatic rings. The Balaban J connectivity index is 2.15. The van der Waals surface area contributed by atoms with Gasteiger partial charge in [0.2, 0.25) is 0 Å². The van der Waals surface area contributed by atoms with Crippen LogP contribution in [0.25, 0.3) is 11.3 Å². The zero-order valence-electron chi connectivity index (χ0n) is 19.3. The predicted octanol–water partition coefficient (Wildman–Crippen LogP) is 5.19. The van der Waals surface area contributed by atoms with Crippen LogP contribution in [0.5, 0.6) is 0 Å². The molecule has 0 saturated heterocycles. The monoisotopic (exact) mass is 382 g/mol. The van der Waals surface area contributed by atoms with Gasteiger partial charge in [-0.1, -0.05) is 0 Å². The van der Waals surface area contributed by atoms with Gasteiger partial charge >= 0.3 is 155 Å². The third kappa shape index (κ3) is 3.96. The molecule has 0 aliphatic heterocycles. The standard InChI is InChI=1S/C22H25GeN/c1-17-10-12-19(13-11-17)22-15-20(14-18-8-6-5-7-9-18)21(16-24-22)23(2,3)4/h5-13,15-16H,14H2,1-4H3/i1D3,14D2. The first-order valence-electron chi connectivity index (χ1n) is 10.6. The van der Waals surface area contributed by atoms with E-state index in [1.807, 2.05) is 42.6 Å². The summed E-state index contributed by atoms with van der Waals surface area (Å²) in [5.41, 5.74) is 2.97. The van der Waals surface area contributed by atoms with Crippen LogP contribution < -0.4 is 4.40 Å². The molecule has 24 heavy (non-hydrogen) atoms. The molecule has 2 aromatic carbocycles. The topological polar surface area (TPSA) is 12.9 Å². The molecule has 1 nitrogen and oxygen atoms in total. The molecule has 0 fully saturated rings. The van der Waals surface area contributed by atoms with Gasteiger partial charge in [0.25, 0.3) is 0 Å². The molecule has 0 unspecified atom stereocenters. The molecule has 0 N–H and O–H groups in total. The minimum absolute atomic E-state index is 0.280. The molecule has 0 saturated carbocycles. The number of hydrogen-bond donors (Lipinski definition) is 0. The summed E-state index contributed by atoms with van der Waals surface area (Å²) in [6, 6.07) is 17.7. The minimum atomic E-state index is -2.41. The molecule has 0 aliphatic carbocycles. The fraction of sp³-hybridized carbons (Fsp3) is 0.227. The summed E-state index contributed by atoms with van der Waals surface area (Å²) >= 11 is -2.41. The Morgan fingerprint density at radius 1 is 1.00 bits per heavy atom. The molecule has 122 valence electrons. The molecule has 0 amide bonds. The zero-order chi connectivity index (χ0) is 21.4. The molecule has 0 spiro atoms. The molecule has 0 bridgehead atoms. The number of hydrogen-bond acceptors (Lipinski definition) is 1. The van der Waals surface area contributed by atoms with Crippen molar-refractivity contribution in [2.75, 3.05) is 0 Å². The Labute approximate surface area is 155 Å². The van der Waals surface area contributed by atoms with Gasteiger partial charge in [-0.05, 0) is 0 Å². The van der Waals surface area contributed by atoms with E-state index in [2.05, 4.69) is 22.3 Å². The molecule has 1 heterocycles. The molecular formula is C22H25GeN. The molecular weight excluding hydrogens is 351 g/mol.